The molecule has 0 radical (unpaired) electrons. The number of carbonyl (C=O) groups excluding carboxylic acids is 1. The number of nitriles is 1. The number of carbonyl (C=O) groups is 1. The minimum atomic E-state index is -0.620. The second-order valence-electron chi connectivity index (χ2n) is 14.7. The Morgan fingerprint density at radius 1 is 1.08 bits per heavy atom. The molecule has 11 heteroatoms. The zero-order valence-corrected chi connectivity index (χ0v) is 29.9. The lowest BCUT2D eigenvalue weighted by Gasteiger charge is -2.42. The molecule has 3 aromatic rings. The highest BCUT2D eigenvalue weighted by Crippen LogP contribution is 2.36. The number of amides is 1. The van der Waals surface area contributed by atoms with E-state index < -0.39 is 5.60 Å². The van der Waals surface area contributed by atoms with Crippen molar-refractivity contribution >= 4 is 28.4 Å². The van der Waals surface area contributed by atoms with Gasteiger partial charge in [-0.2, -0.15) is 15.2 Å². The van der Waals surface area contributed by atoms with Crippen molar-refractivity contribution in [3.63, 3.8) is 0 Å². The third-order valence-electron chi connectivity index (χ3n) is 10.2. The third-order valence-corrected chi connectivity index (χ3v) is 10.2. The first-order valence-corrected chi connectivity index (χ1v) is 17.6. The number of likely N-dealkylation sites (N-methyl/N-ethyl adjacent to an activating group) is 1. The maximum absolute atomic E-state index is 13.2. The summed E-state index contributed by atoms with van der Waals surface area (Å²) in [7, 11) is 3.88. The summed E-state index contributed by atoms with van der Waals surface area (Å²) in [6.45, 7) is 11.6. The zero-order valence-electron chi connectivity index (χ0n) is 29.9. The summed E-state index contributed by atoms with van der Waals surface area (Å²) in [5.41, 5.74) is 3.87. The molecule has 2 fully saturated rings. The van der Waals surface area contributed by atoms with Crippen LogP contribution in [-0.4, -0.2) is 103 Å². The van der Waals surface area contributed by atoms with Crippen molar-refractivity contribution in [3.8, 4) is 12.1 Å². The number of hydrogen-bond acceptors (Lipinski definition) is 10. The number of rotatable bonds is 10. The number of fused-ring (bicyclic) bond motifs is 2. The Hall–Kier alpha value is -4.14. The van der Waals surface area contributed by atoms with Crippen molar-refractivity contribution in [2.24, 2.45) is 0 Å². The van der Waals surface area contributed by atoms with E-state index in [4.69, 9.17) is 24.2 Å². The molecule has 1 aromatic heterocycles. The number of anilines is 2. The molecule has 2 aromatic carbocycles. The van der Waals surface area contributed by atoms with E-state index in [2.05, 4.69) is 71.1 Å². The molecule has 49 heavy (non-hydrogen) atoms. The molecule has 1 saturated heterocycles. The molecule has 11 nitrogen and oxygen atoms in total. The Morgan fingerprint density at radius 2 is 1.86 bits per heavy atom. The molecule has 262 valence electrons. The zero-order chi connectivity index (χ0) is 34.7. The van der Waals surface area contributed by atoms with Gasteiger partial charge in [-0.15, -0.1) is 0 Å². The predicted molar refractivity (Wildman–Crippen MR) is 191 cm³/mol. The fraction of sp³-hybridized carbons (Fsp3) is 0.579. The summed E-state index contributed by atoms with van der Waals surface area (Å²) >= 11 is 0. The van der Waals surface area contributed by atoms with Crippen LogP contribution in [0.15, 0.2) is 36.4 Å². The van der Waals surface area contributed by atoms with Gasteiger partial charge in [0.05, 0.1) is 43.4 Å². The molecule has 0 N–H and O–H groups in total. The Kier molecular flexibility index (Phi) is 10.5. The second kappa shape index (κ2) is 14.8. The van der Waals surface area contributed by atoms with Gasteiger partial charge >= 0.3 is 12.1 Å². The summed E-state index contributed by atoms with van der Waals surface area (Å²) in [5, 5.41) is 12.2. The summed E-state index contributed by atoms with van der Waals surface area (Å²) in [6, 6.07) is 15.9. The van der Waals surface area contributed by atoms with Gasteiger partial charge in [-0.1, -0.05) is 36.8 Å². The fourth-order valence-electron chi connectivity index (χ4n) is 7.32. The monoisotopic (exact) mass is 669 g/mol. The minimum Gasteiger partial charge on any atom is -0.462 e. The van der Waals surface area contributed by atoms with Gasteiger partial charge in [0, 0.05) is 56.0 Å². The van der Waals surface area contributed by atoms with Crippen LogP contribution in [0.25, 0.3) is 10.8 Å². The number of hydrogen-bond donors (Lipinski definition) is 0. The number of aromatic nitrogens is 2. The lowest BCUT2D eigenvalue weighted by Crippen LogP contribution is -2.56. The number of piperazine rings is 1. The molecule has 1 saturated carbocycles. The van der Waals surface area contributed by atoms with E-state index in [1.165, 1.54) is 41.3 Å². The highest BCUT2D eigenvalue weighted by atomic mass is 16.6. The Balaban J connectivity index is 1.32. The van der Waals surface area contributed by atoms with Crippen molar-refractivity contribution in [2.75, 3.05) is 63.4 Å². The molecule has 6 rings (SSSR count). The van der Waals surface area contributed by atoms with E-state index in [1.54, 1.807) is 12.0 Å². The topological polar surface area (TPSA) is 107 Å². The number of benzene rings is 2. The van der Waals surface area contributed by atoms with E-state index in [9.17, 15) is 10.1 Å². The molecular formula is C38H51N7O4. The smallest absolute Gasteiger partial charge is 0.410 e. The highest BCUT2D eigenvalue weighted by Gasteiger charge is 2.36. The van der Waals surface area contributed by atoms with Gasteiger partial charge < -0.3 is 28.9 Å². The molecule has 1 aliphatic carbocycles. The molecule has 0 spiro atoms. The lowest BCUT2D eigenvalue weighted by molar-refractivity contribution is 0.0144. The molecule has 3 aliphatic rings. The molecular weight excluding hydrogens is 618 g/mol. The highest BCUT2D eigenvalue weighted by molar-refractivity contribution is 5.97. The third kappa shape index (κ3) is 7.71. The maximum Gasteiger partial charge on any atom is 0.410 e. The predicted octanol–water partition coefficient (Wildman–Crippen LogP) is 5.72. The van der Waals surface area contributed by atoms with Crippen molar-refractivity contribution in [1.29, 1.82) is 5.26 Å². The van der Waals surface area contributed by atoms with E-state index in [1.807, 2.05) is 20.8 Å². The van der Waals surface area contributed by atoms with Crippen LogP contribution in [0.1, 0.15) is 63.3 Å². The molecule has 3 heterocycles. The maximum atomic E-state index is 13.2. The van der Waals surface area contributed by atoms with Gasteiger partial charge in [-0.3, -0.25) is 4.90 Å². The van der Waals surface area contributed by atoms with Crippen LogP contribution >= 0.6 is 0 Å². The first-order chi connectivity index (χ1) is 23.6. The Bertz CT molecular complexity index is 1680. The van der Waals surface area contributed by atoms with Crippen LogP contribution in [0.3, 0.4) is 0 Å². The molecule has 1 amide bonds. The van der Waals surface area contributed by atoms with E-state index in [-0.39, 0.29) is 24.6 Å². The van der Waals surface area contributed by atoms with Crippen LogP contribution in [0.2, 0.25) is 0 Å². The second-order valence-corrected chi connectivity index (χ2v) is 14.7. The average molecular weight is 670 g/mol. The van der Waals surface area contributed by atoms with E-state index in [0.717, 1.165) is 30.0 Å². The molecule has 2 atom stereocenters. The van der Waals surface area contributed by atoms with Gasteiger partial charge in [0.2, 0.25) is 0 Å². The summed E-state index contributed by atoms with van der Waals surface area (Å²) in [5.74, 6) is 0.830. The first kappa shape index (κ1) is 34.7. The minimum absolute atomic E-state index is 0.0749. The number of ether oxygens (including phenoxy) is 3. The molecule has 2 aliphatic heterocycles. The number of methoxy groups -OCH3 is 1. The van der Waals surface area contributed by atoms with Gasteiger partial charge in [0.25, 0.3) is 0 Å². The fourth-order valence-corrected chi connectivity index (χ4v) is 7.32. The Labute approximate surface area is 290 Å². The van der Waals surface area contributed by atoms with Crippen molar-refractivity contribution in [1.82, 2.24) is 19.8 Å². The number of nitrogens with zero attached hydrogens (tertiary/aromatic N) is 7. The quantitative estimate of drug-likeness (QED) is 0.266. The summed E-state index contributed by atoms with van der Waals surface area (Å²) in [4.78, 5) is 32.0. The van der Waals surface area contributed by atoms with Crippen LogP contribution in [-0.2, 0) is 22.4 Å². The summed E-state index contributed by atoms with van der Waals surface area (Å²) < 4.78 is 17.8. The average Bonchev–Trinajstić information content (AvgIpc) is 3.04. The van der Waals surface area contributed by atoms with E-state index in [0.29, 0.717) is 51.4 Å². The lowest BCUT2D eigenvalue weighted by atomic mass is 9.91. The van der Waals surface area contributed by atoms with Gasteiger partial charge in [0.1, 0.15) is 18.0 Å². The van der Waals surface area contributed by atoms with E-state index >= 15 is 0 Å². The van der Waals surface area contributed by atoms with Gasteiger partial charge in [0.15, 0.2) is 0 Å². The van der Waals surface area contributed by atoms with Crippen LogP contribution in [0.5, 0.6) is 6.01 Å². The molecule has 1 unspecified atom stereocenters. The molecule has 0 bridgehead atoms. The van der Waals surface area contributed by atoms with Crippen LogP contribution in [0, 0.1) is 18.3 Å². The van der Waals surface area contributed by atoms with Crippen molar-refractivity contribution < 1.29 is 19.0 Å². The van der Waals surface area contributed by atoms with Crippen molar-refractivity contribution in [2.45, 2.75) is 90.1 Å². The first-order valence-electron chi connectivity index (χ1n) is 17.6. The Morgan fingerprint density at radius 3 is 2.55 bits per heavy atom. The largest absolute Gasteiger partial charge is 0.462 e. The standard InChI is InChI=1S/C38H51N7O4/c1-26-10-7-11-27-12-8-15-33(34(26)27)43-19-17-31-32(23-43)40-36(48-25-30(24-47-6)42(5)28-13-9-14-28)41-35(31)44-20-21-45(29(22-44)16-18-39)37(46)49-38(2,3)4/h7-8,10-12,15,28-30H,9,13-14,16-17,19-25H2,1-6H3/t29?,30-/m1/s1. The van der Waals surface area contributed by atoms with Gasteiger partial charge in [-0.05, 0) is 71.0 Å². The van der Waals surface area contributed by atoms with Gasteiger partial charge in [-0.25, -0.2) is 4.79 Å². The van der Waals surface area contributed by atoms with Crippen LogP contribution in [0.4, 0.5) is 16.3 Å². The normalized spacial score (nSPS) is 19.0. The SMILES string of the molecule is COC[C@H](COc1nc2c(c(N3CCN(C(=O)OC(C)(C)C)C(CC#N)C3)n1)CCN(c1cccc3cccc(C)c13)C2)N(C)C1CCC1. The summed E-state index contributed by atoms with van der Waals surface area (Å²) in [6.07, 6.45) is 4.22. The van der Waals surface area contributed by atoms with Crippen molar-refractivity contribution in [3.05, 3.63) is 53.2 Å². The van der Waals surface area contributed by atoms with Crippen LogP contribution < -0.4 is 14.5 Å². The number of aryl methyl sites for hydroxylation is 1.